The second-order valence-electron chi connectivity index (χ2n) is 13.0. The standard InChI is InChI=1S/C32H24Cl2N10O18S6.6K/c33-27-39-29(43-31(41-27)37-21-13-19(63(45,46)47)7-9-23(21)65(51,52)53)35-17-5-3-15(25(11-17)67(57,58)59)1-2-16-4-6-18(12-26(16)68(60,61)62)36-30-40-28(34)42-32(44-30)38-22-14-20(64(48,49)50)8-10-24(22)66(54,55)56;;;;;;/h1-14H,(H,45,46,47)(H,48,49,50)(H,51,52,53)(H,54,55,56)(H,57,58,59)(H,60,61,62)(H2,35,37,39,41,43)(H2,36,38,40,42,44);;;;;;. The Balaban J connectivity index is 0.00000888. The molecule has 0 bridgehead atoms. The summed E-state index contributed by atoms with van der Waals surface area (Å²) in [7, 11) is -30.0. The van der Waals surface area contributed by atoms with E-state index in [-0.39, 0.29) is 331 Å². The number of nitrogens with zero attached hydrogens (tertiary/aromatic N) is 6. The zero-order chi connectivity index (χ0) is 50.4. The number of rotatable bonds is 16. The van der Waals surface area contributed by atoms with Gasteiger partial charge in [0, 0.05) is 320 Å². The summed E-state index contributed by atoms with van der Waals surface area (Å²) in [6.07, 6.45) is 2.06. The van der Waals surface area contributed by atoms with Gasteiger partial charge < -0.3 is 21.3 Å². The number of hydrogen-bond donors (Lipinski definition) is 10. The first-order valence-electron chi connectivity index (χ1n) is 17.2. The Morgan fingerprint density at radius 1 is 0.351 bits per heavy atom. The minimum absolute atomic E-state index is 0. The van der Waals surface area contributed by atoms with Gasteiger partial charge in [-0.1, -0.05) is 24.3 Å². The Hall–Kier alpha value is 3.70. The van der Waals surface area contributed by atoms with Crippen LogP contribution in [0.5, 0.6) is 0 Å². The van der Waals surface area contributed by atoms with E-state index in [1.807, 2.05) is 0 Å². The molecule has 28 nitrogen and oxygen atoms in total. The van der Waals surface area contributed by atoms with E-state index < -0.39 is 136 Å². The zero-order valence-corrected chi connectivity index (χ0v) is 63.7. The van der Waals surface area contributed by atoms with Crippen LogP contribution in [0, 0.1) is 0 Å². The number of hydrogen-bond acceptors (Lipinski definition) is 22. The van der Waals surface area contributed by atoms with Crippen LogP contribution in [-0.4, -0.2) is 416 Å². The first-order valence-corrected chi connectivity index (χ1v) is 26.6. The maximum atomic E-state index is 12.5. The van der Waals surface area contributed by atoms with Crippen LogP contribution in [0.15, 0.2) is 102 Å². The van der Waals surface area contributed by atoms with E-state index in [1.54, 1.807) is 0 Å². The molecule has 42 heteroatoms. The van der Waals surface area contributed by atoms with E-state index in [0.29, 0.717) is 36.4 Å². The molecule has 0 saturated heterocycles. The molecule has 0 saturated carbocycles. The molecule has 4 aromatic carbocycles. The zero-order valence-electron chi connectivity index (χ0n) is 38.6. The number of aromatic nitrogens is 6. The first kappa shape index (κ1) is 77.7. The summed E-state index contributed by atoms with van der Waals surface area (Å²) < 4.78 is 203. The molecule has 6 aromatic rings. The summed E-state index contributed by atoms with van der Waals surface area (Å²) in [6, 6.07) is 10.3. The number of halogens is 2. The Kier molecular flexibility index (Phi) is 33.3. The number of nitrogens with one attached hydrogen (secondary N) is 4. The van der Waals surface area contributed by atoms with E-state index in [4.69, 9.17) is 23.2 Å². The van der Waals surface area contributed by atoms with Gasteiger partial charge in [-0.05, 0) is 95.0 Å². The Labute approximate surface area is 686 Å². The molecule has 2 aromatic heterocycles. The maximum absolute atomic E-state index is 12.5. The molecule has 6 rings (SSSR count). The third-order valence-corrected chi connectivity index (χ3v) is 14.0. The predicted octanol–water partition coefficient (Wildman–Crippen LogP) is 1.70. The van der Waals surface area contributed by atoms with Crippen LogP contribution in [-0.2, 0) is 60.7 Å². The normalized spacial score (nSPS) is 11.7. The van der Waals surface area contributed by atoms with Crippen molar-refractivity contribution in [2.75, 3.05) is 21.3 Å². The molecule has 6 radical (unpaired) electrons. The van der Waals surface area contributed by atoms with E-state index in [9.17, 15) is 77.8 Å². The fraction of sp³-hybridized carbons (Fsp3) is 0. The van der Waals surface area contributed by atoms with Gasteiger partial charge in [0.1, 0.15) is 19.6 Å². The molecule has 0 atom stereocenters. The molecule has 0 aliphatic rings. The fourth-order valence-corrected chi connectivity index (χ4v) is 9.54. The van der Waals surface area contributed by atoms with E-state index in [1.165, 1.54) is 12.1 Å². The SMILES string of the molecule is O=S(=O)(O)c1ccc(S(=O)(=O)O)c(Nc2nc(Cl)nc(Nc3ccc(C=Cc4ccc(Nc5nc(Cl)nc(Nc6cc(S(=O)(=O)O)ccc6S(=O)(=O)O)n5)cc4S(=O)(=O)O)c(S(=O)(=O)O)c3)n2)c1.[K].[K].[K].[K].[K].[K]. The van der Waals surface area contributed by atoms with Crippen LogP contribution in [0.1, 0.15) is 11.1 Å². The fourth-order valence-electron chi connectivity index (χ4n) is 5.53. The second kappa shape index (κ2) is 31.7. The Bertz CT molecular complexity index is 3580. The molecule has 74 heavy (non-hydrogen) atoms. The smallest absolute Gasteiger partial charge is 0.296 e. The molecule has 0 spiro atoms. The third kappa shape index (κ3) is 22.6. The van der Waals surface area contributed by atoms with Crippen LogP contribution in [0.4, 0.5) is 46.5 Å². The van der Waals surface area contributed by atoms with Gasteiger partial charge in [-0.3, -0.25) is 27.3 Å². The van der Waals surface area contributed by atoms with Crippen molar-refractivity contribution in [2.45, 2.75) is 29.4 Å². The van der Waals surface area contributed by atoms with E-state index in [2.05, 4.69) is 51.2 Å². The molecular formula is C32H24Cl2K6N10O18S6. The molecule has 0 amide bonds. The van der Waals surface area contributed by atoms with Crippen molar-refractivity contribution in [3.8, 4) is 0 Å². The minimum Gasteiger partial charge on any atom is -0.324 e. The molecule has 10 N–H and O–H groups in total. The van der Waals surface area contributed by atoms with Crippen molar-refractivity contribution in [3.05, 3.63) is 94.5 Å². The van der Waals surface area contributed by atoms with Gasteiger partial charge >= 0.3 is 0 Å². The summed E-state index contributed by atoms with van der Waals surface area (Å²) in [5.74, 6) is -2.08. The third-order valence-electron chi connectivity index (χ3n) is 8.30. The molecule has 366 valence electrons. The van der Waals surface area contributed by atoms with E-state index in [0.717, 1.165) is 36.4 Å². The molecule has 0 unspecified atom stereocenters. The van der Waals surface area contributed by atoms with Gasteiger partial charge in [0.25, 0.3) is 60.7 Å². The van der Waals surface area contributed by atoms with Gasteiger partial charge in [0.15, 0.2) is 0 Å². The van der Waals surface area contributed by atoms with Crippen LogP contribution in [0.2, 0.25) is 10.6 Å². The largest absolute Gasteiger partial charge is 0.324 e. The minimum atomic E-state index is -5.10. The van der Waals surface area contributed by atoms with E-state index >= 15 is 0 Å². The Morgan fingerprint density at radius 2 is 0.635 bits per heavy atom. The van der Waals surface area contributed by atoms with Crippen LogP contribution in [0.25, 0.3) is 12.2 Å². The van der Waals surface area contributed by atoms with Gasteiger partial charge in [-0.15, -0.1) is 0 Å². The maximum Gasteiger partial charge on any atom is 0.296 e. The van der Waals surface area contributed by atoms with Crippen LogP contribution < -0.4 is 21.3 Å². The van der Waals surface area contributed by atoms with Crippen molar-refractivity contribution in [3.63, 3.8) is 0 Å². The molecular weight excluding hydrogens is 1310 g/mol. The van der Waals surface area contributed by atoms with Crippen LogP contribution >= 0.6 is 23.2 Å². The Morgan fingerprint density at radius 3 is 0.905 bits per heavy atom. The van der Waals surface area contributed by atoms with Gasteiger partial charge in [-0.25, -0.2) is 0 Å². The van der Waals surface area contributed by atoms with Crippen molar-refractivity contribution in [1.29, 1.82) is 0 Å². The molecule has 2 heterocycles. The molecule has 0 aliphatic carbocycles. The van der Waals surface area contributed by atoms with Crippen molar-refractivity contribution in [1.82, 2.24) is 29.9 Å². The quantitative estimate of drug-likeness (QED) is 0.0374. The average molecular weight is 1330 g/mol. The van der Waals surface area contributed by atoms with Gasteiger partial charge in [0.2, 0.25) is 34.4 Å². The van der Waals surface area contributed by atoms with Crippen molar-refractivity contribution in [2.24, 2.45) is 0 Å². The summed E-state index contributed by atoms with van der Waals surface area (Å²) in [4.78, 5) is 18.0. The summed E-state index contributed by atoms with van der Waals surface area (Å²) in [5.41, 5.74) is -2.16. The summed E-state index contributed by atoms with van der Waals surface area (Å²) in [5, 5.41) is 8.59. The number of anilines is 8. The number of benzene rings is 4. The van der Waals surface area contributed by atoms with Gasteiger partial charge in [0.05, 0.1) is 21.2 Å². The molecule has 0 fully saturated rings. The summed E-state index contributed by atoms with van der Waals surface area (Å²) >= 11 is 12.0. The van der Waals surface area contributed by atoms with Crippen LogP contribution in [0.3, 0.4) is 0 Å². The summed E-state index contributed by atoms with van der Waals surface area (Å²) in [6.45, 7) is 0. The molecule has 0 aliphatic heterocycles. The predicted molar refractivity (Wildman–Crippen MR) is 271 cm³/mol. The second-order valence-corrected chi connectivity index (χ2v) is 22.1. The topological polar surface area (TPSA) is 452 Å². The van der Waals surface area contributed by atoms with Gasteiger partial charge in [-0.2, -0.15) is 80.4 Å². The monoisotopic (exact) mass is 1330 g/mol. The van der Waals surface area contributed by atoms with Crippen molar-refractivity contribution >= 4 is 451 Å². The van der Waals surface area contributed by atoms with Crippen molar-refractivity contribution < 1.29 is 77.8 Å². The average Bonchev–Trinajstić information content (AvgIpc) is 3.18. The first-order chi connectivity index (χ1) is 31.2.